The summed E-state index contributed by atoms with van der Waals surface area (Å²) in [6.45, 7) is 1.56. The van der Waals surface area contributed by atoms with Crippen molar-refractivity contribution >= 4 is 35.5 Å². The van der Waals surface area contributed by atoms with Crippen LogP contribution in [0.4, 0.5) is 22.4 Å². The van der Waals surface area contributed by atoms with Crippen molar-refractivity contribution in [1.82, 2.24) is 28.5 Å². The number of benzene rings is 5. The Kier molecular flexibility index (Phi) is 20.6. The van der Waals surface area contributed by atoms with Crippen molar-refractivity contribution < 1.29 is 60.5 Å². The van der Waals surface area contributed by atoms with Crippen molar-refractivity contribution in [3.8, 4) is 22.3 Å². The van der Waals surface area contributed by atoms with Crippen LogP contribution in [0.3, 0.4) is 0 Å². The minimum absolute atomic E-state index is 0.0956. The molecular formula is C63H62F4N6O13. The molecule has 0 spiro atoms. The smallest absolute Gasteiger partial charge is 0.407 e. The van der Waals surface area contributed by atoms with Crippen molar-refractivity contribution in [3.05, 3.63) is 218 Å². The zero-order chi connectivity index (χ0) is 62.8. The number of nitrogens with zero attached hydrogens (tertiary/aromatic N) is 5. The molecule has 7 aromatic rings. The number of rotatable bonds is 23. The summed E-state index contributed by atoms with van der Waals surface area (Å²) in [7, 11) is 7.89. The third-order valence-electron chi connectivity index (χ3n) is 15.0. The summed E-state index contributed by atoms with van der Waals surface area (Å²) < 4.78 is 84.1. The third-order valence-corrected chi connectivity index (χ3v) is 15.0. The van der Waals surface area contributed by atoms with E-state index in [1.165, 1.54) is 37.3 Å². The highest BCUT2D eigenvalue weighted by Crippen LogP contribution is 2.28. The van der Waals surface area contributed by atoms with Crippen LogP contribution in [-0.4, -0.2) is 79.4 Å². The number of esters is 2. The molecule has 0 fully saturated rings. The van der Waals surface area contributed by atoms with Gasteiger partial charge in [-0.1, -0.05) is 78.9 Å². The normalized spacial score (nSPS) is 11.8. The molecule has 2 atom stereocenters. The van der Waals surface area contributed by atoms with Gasteiger partial charge in [-0.25, -0.2) is 31.9 Å². The van der Waals surface area contributed by atoms with Crippen LogP contribution in [0.25, 0.3) is 22.3 Å². The first-order valence-corrected chi connectivity index (χ1v) is 27.0. The fourth-order valence-electron chi connectivity index (χ4n) is 10.0. The van der Waals surface area contributed by atoms with Crippen LogP contribution in [0.5, 0.6) is 0 Å². The SMILES string of the molecule is COC(=O)[C@@H](CC(=O)c1c(F)cc(CN(Cc2cc(F)c(C(=O)C[C@@H](Cc3ccc(-c4c(C)n(C)c(=O)n(C)c4=O)cc3)C(=O)OC)c(F)c2)C(=O)CCNC(=O)OCc2ccccc2)cc1F)Cc1ccc(-c2c(C)n(C)c(=O)n(C)c2=O)cc1. The summed E-state index contributed by atoms with van der Waals surface area (Å²) in [6, 6.07) is 24.5. The Labute approximate surface area is 490 Å². The van der Waals surface area contributed by atoms with Gasteiger partial charge in [-0.3, -0.25) is 42.7 Å². The van der Waals surface area contributed by atoms with Crippen molar-refractivity contribution in [2.45, 2.75) is 65.6 Å². The predicted octanol–water partition coefficient (Wildman–Crippen LogP) is 7.04. The average Bonchev–Trinajstić information content (AvgIpc) is 2.07. The first-order chi connectivity index (χ1) is 40.8. The van der Waals surface area contributed by atoms with Crippen LogP contribution < -0.4 is 27.8 Å². The average molecular weight is 1190 g/mol. The molecule has 23 heteroatoms. The lowest BCUT2D eigenvalue weighted by molar-refractivity contribution is -0.146. The van der Waals surface area contributed by atoms with Gasteiger partial charge < -0.3 is 33.6 Å². The Hall–Kier alpha value is -9.80. The van der Waals surface area contributed by atoms with E-state index in [2.05, 4.69) is 5.32 Å². The number of hydrogen-bond acceptors (Lipinski definition) is 13. The topological polar surface area (TPSA) is 233 Å². The zero-order valence-electron chi connectivity index (χ0n) is 48.4. The molecule has 5 aromatic carbocycles. The van der Waals surface area contributed by atoms with Gasteiger partial charge in [0.05, 0.1) is 48.3 Å². The molecule has 19 nitrogen and oxygen atoms in total. The summed E-state index contributed by atoms with van der Waals surface area (Å²) in [5.41, 5.74) is -0.617. The van der Waals surface area contributed by atoms with E-state index >= 15 is 17.6 Å². The highest BCUT2D eigenvalue weighted by molar-refractivity contribution is 5.99. The van der Waals surface area contributed by atoms with E-state index < -0.39 is 137 Å². The van der Waals surface area contributed by atoms with E-state index in [4.69, 9.17) is 14.2 Å². The van der Waals surface area contributed by atoms with Crippen LogP contribution in [-0.2, 0) is 89.3 Å². The number of ether oxygens (including phenoxy) is 3. The maximum Gasteiger partial charge on any atom is 0.407 e. The number of Topliss-reactive ketones (excluding diaryl/α,β-unsaturated/α-hetero) is 2. The quantitative estimate of drug-likeness (QED) is 0.0293. The molecule has 450 valence electrons. The standard InChI is InChI=1S/C63H62F4N6O13/c1-35-53(57(77)71(5)62(82)69(35)3)42-18-14-37(15-19-42)24-44(59(79)84-7)30-50(74)55-46(64)26-40(27-47(55)65)32-73(52(76)22-23-68-61(81)86-34-39-12-10-9-11-13-39)33-41-28-48(66)56(49(67)29-41)51(75)31-45(60(80)85-8)25-38-16-20-43(21-17-38)54-36(2)70(4)63(83)72(6)58(54)78/h9-21,26-29,44-45H,22-25,30-34H2,1-8H3,(H,68,81)/t44-,45-/m1/s1. The highest BCUT2D eigenvalue weighted by Gasteiger charge is 2.31. The first kappa shape index (κ1) is 63.8. The molecule has 0 radical (unpaired) electrons. The molecule has 2 amide bonds. The van der Waals surface area contributed by atoms with Gasteiger partial charge in [0.2, 0.25) is 5.91 Å². The number of nitrogens with one attached hydrogen (secondary N) is 1. The van der Waals surface area contributed by atoms with Crippen molar-refractivity contribution in [3.63, 3.8) is 0 Å². The van der Waals surface area contributed by atoms with Gasteiger partial charge in [-0.05, 0) is 89.9 Å². The van der Waals surface area contributed by atoms with E-state index in [0.29, 0.717) is 39.2 Å². The monoisotopic (exact) mass is 1190 g/mol. The molecule has 2 aromatic heterocycles. The highest BCUT2D eigenvalue weighted by atomic mass is 19.1. The Bertz CT molecular complexity index is 3760. The Balaban J connectivity index is 1.09. The van der Waals surface area contributed by atoms with Gasteiger partial charge in [-0.2, -0.15) is 0 Å². The first-order valence-electron chi connectivity index (χ1n) is 27.0. The maximum absolute atomic E-state index is 16.1. The van der Waals surface area contributed by atoms with Gasteiger partial charge in [0.1, 0.15) is 29.9 Å². The fraction of sp³-hybridized carbons (Fsp3) is 0.302. The summed E-state index contributed by atoms with van der Waals surface area (Å²) in [4.78, 5) is 132. The number of ketones is 2. The molecule has 0 unspecified atom stereocenters. The molecule has 0 aliphatic carbocycles. The summed E-state index contributed by atoms with van der Waals surface area (Å²) in [5.74, 6) is -12.7. The lowest BCUT2D eigenvalue weighted by atomic mass is 9.90. The lowest BCUT2D eigenvalue weighted by Gasteiger charge is -2.24. The van der Waals surface area contributed by atoms with Gasteiger partial charge >= 0.3 is 29.4 Å². The maximum atomic E-state index is 16.1. The molecule has 0 saturated heterocycles. The number of hydrogen-bond donors (Lipinski definition) is 1. The molecule has 2 heterocycles. The summed E-state index contributed by atoms with van der Waals surface area (Å²) in [6.07, 6.45) is -3.04. The van der Waals surface area contributed by atoms with Crippen LogP contribution >= 0.6 is 0 Å². The van der Waals surface area contributed by atoms with E-state index in [9.17, 15) is 47.9 Å². The van der Waals surface area contributed by atoms with E-state index in [1.54, 1.807) is 92.7 Å². The van der Waals surface area contributed by atoms with Crippen LogP contribution in [0.15, 0.2) is 122 Å². The van der Waals surface area contributed by atoms with E-state index in [1.807, 2.05) is 0 Å². The second kappa shape index (κ2) is 27.7. The molecule has 0 aliphatic heterocycles. The number of alkyl carbamates (subject to hydrolysis) is 1. The molecule has 86 heavy (non-hydrogen) atoms. The van der Waals surface area contributed by atoms with Gasteiger partial charge in [0, 0.05) is 78.5 Å². The van der Waals surface area contributed by atoms with E-state index in [0.717, 1.165) is 52.5 Å². The number of carbonyl (C=O) groups is 6. The third kappa shape index (κ3) is 14.6. The second-order valence-corrected chi connectivity index (χ2v) is 20.7. The van der Waals surface area contributed by atoms with Crippen LogP contribution in [0, 0.1) is 49.0 Å². The molecule has 0 saturated carbocycles. The molecule has 7 rings (SSSR count). The number of halogens is 4. The Morgan fingerprint density at radius 3 is 1.28 bits per heavy atom. The van der Waals surface area contributed by atoms with Crippen LogP contribution in [0.1, 0.15) is 79.2 Å². The number of carbonyl (C=O) groups excluding carboxylic acids is 6. The van der Waals surface area contributed by atoms with Gasteiger partial charge in [-0.15, -0.1) is 0 Å². The zero-order valence-corrected chi connectivity index (χ0v) is 48.4. The van der Waals surface area contributed by atoms with E-state index in [-0.39, 0.29) is 48.2 Å². The molecular weight excluding hydrogens is 1120 g/mol. The largest absolute Gasteiger partial charge is 0.469 e. The Morgan fingerprint density at radius 2 is 0.907 bits per heavy atom. The molecule has 0 aliphatic rings. The minimum atomic E-state index is -1.37. The van der Waals surface area contributed by atoms with Crippen molar-refractivity contribution in [2.75, 3.05) is 20.8 Å². The van der Waals surface area contributed by atoms with Crippen LogP contribution in [0.2, 0.25) is 0 Å². The number of methoxy groups -OCH3 is 2. The van der Waals surface area contributed by atoms with Gasteiger partial charge in [0.15, 0.2) is 11.6 Å². The Morgan fingerprint density at radius 1 is 0.523 bits per heavy atom. The summed E-state index contributed by atoms with van der Waals surface area (Å²) >= 11 is 0. The molecule has 0 bridgehead atoms. The number of aromatic nitrogens is 4. The predicted molar refractivity (Wildman–Crippen MR) is 307 cm³/mol. The second-order valence-electron chi connectivity index (χ2n) is 20.7. The van der Waals surface area contributed by atoms with Crippen molar-refractivity contribution in [2.24, 2.45) is 40.0 Å². The van der Waals surface area contributed by atoms with Gasteiger partial charge in [0.25, 0.3) is 11.1 Å². The lowest BCUT2D eigenvalue weighted by Crippen LogP contribution is -2.39. The van der Waals surface area contributed by atoms with Crippen molar-refractivity contribution in [1.29, 1.82) is 0 Å². The minimum Gasteiger partial charge on any atom is -0.469 e. The number of amides is 2. The summed E-state index contributed by atoms with van der Waals surface area (Å²) in [5, 5.41) is 2.43. The molecule has 1 N–H and O–H groups in total. The fourth-order valence-corrected chi connectivity index (χ4v) is 10.0.